The number of Topliss-reactive ketones (excluding diaryl/α,β-unsaturated/α-hetero) is 1. The molecule has 20 heavy (non-hydrogen) atoms. The van der Waals surface area contributed by atoms with Gasteiger partial charge in [0.15, 0.2) is 11.9 Å². The van der Waals surface area contributed by atoms with Gasteiger partial charge in [-0.15, -0.1) is 0 Å². The van der Waals surface area contributed by atoms with Crippen LogP contribution in [0.25, 0.3) is 0 Å². The molecular formula is C13H13NO6. The molecule has 0 aromatic heterocycles. The van der Waals surface area contributed by atoms with E-state index in [9.17, 15) is 14.4 Å². The summed E-state index contributed by atoms with van der Waals surface area (Å²) in [5, 5.41) is 11.0. The molecule has 0 saturated heterocycles. The maximum absolute atomic E-state index is 11.8. The van der Waals surface area contributed by atoms with Gasteiger partial charge in [-0.3, -0.25) is 9.59 Å². The Kier molecular flexibility index (Phi) is 3.99. The van der Waals surface area contributed by atoms with E-state index < -0.39 is 18.7 Å². The molecule has 0 fully saturated rings. The Morgan fingerprint density at radius 2 is 2.15 bits per heavy atom. The minimum absolute atomic E-state index is 0.288. The van der Waals surface area contributed by atoms with Crippen molar-refractivity contribution in [3.05, 3.63) is 23.8 Å². The van der Waals surface area contributed by atoms with Crippen LogP contribution in [0.1, 0.15) is 17.3 Å². The van der Waals surface area contributed by atoms with E-state index in [1.165, 1.54) is 12.1 Å². The fraction of sp³-hybridized carbons (Fsp3) is 0.308. The maximum atomic E-state index is 11.8. The van der Waals surface area contributed by atoms with Crippen LogP contribution in [0.4, 0.5) is 5.69 Å². The predicted octanol–water partition coefficient (Wildman–Crippen LogP) is 0.690. The zero-order valence-corrected chi connectivity index (χ0v) is 10.7. The van der Waals surface area contributed by atoms with Crippen molar-refractivity contribution in [1.82, 2.24) is 0 Å². The van der Waals surface area contributed by atoms with Gasteiger partial charge in [-0.2, -0.15) is 0 Å². The monoisotopic (exact) mass is 279 g/mol. The number of hydrogen-bond acceptors (Lipinski definition) is 5. The quantitative estimate of drug-likeness (QED) is 0.769. The van der Waals surface area contributed by atoms with Crippen molar-refractivity contribution >= 4 is 23.3 Å². The molecule has 7 nitrogen and oxygen atoms in total. The van der Waals surface area contributed by atoms with E-state index in [1.54, 1.807) is 13.0 Å². The van der Waals surface area contributed by atoms with Crippen LogP contribution in [0.15, 0.2) is 18.2 Å². The molecule has 0 aliphatic carbocycles. The van der Waals surface area contributed by atoms with E-state index in [0.29, 0.717) is 17.0 Å². The minimum Gasteiger partial charge on any atom is -0.480 e. The van der Waals surface area contributed by atoms with Gasteiger partial charge in [-0.05, 0) is 25.1 Å². The molecular weight excluding hydrogens is 266 g/mol. The lowest BCUT2D eigenvalue weighted by Gasteiger charge is -2.23. The molecule has 1 aromatic carbocycles. The third-order valence-corrected chi connectivity index (χ3v) is 2.69. The Morgan fingerprint density at radius 3 is 2.85 bits per heavy atom. The van der Waals surface area contributed by atoms with Gasteiger partial charge in [0.25, 0.3) is 5.91 Å². The summed E-state index contributed by atoms with van der Waals surface area (Å²) in [5.74, 6) is -1.32. The summed E-state index contributed by atoms with van der Waals surface area (Å²) in [6.45, 7) is 0.751. The molecule has 0 saturated carbocycles. The number of carbonyl (C=O) groups is 3. The smallest absolute Gasteiger partial charge is 0.329 e. The molecule has 0 spiro atoms. The van der Waals surface area contributed by atoms with Gasteiger partial charge in [0.1, 0.15) is 19.0 Å². The third-order valence-electron chi connectivity index (χ3n) is 2.69. The Balaban J connectivity index is 2.07. The zero-order valence-electron chi connectivity index (χ0n) is 10.7. The highest BCUT2D eigenvalue weighted by Gasteiger charge is 2.24. The SMILES string of the molecule is CC1Oc2ccc(C(=O)COCC(=O)O)cc2NC1=O. The number of fused-ring (bicyclic) bond motifs is 1. The first-order valence-electron chi connectivity index (χ1n) is 5.91. The van der Waals surface area contributed by atoms with Crippen LogP contribution in [-0.4, -0.2) is 42.1 Å². The van der Waals surface area contributed by atoms with Crippen LogP contribution in [0.5, 0.6) is 5.75 Å². The van der Waals surface area contributed by atoms with Crippen LogP contribution < -0.4 is 10.1 Å². The molecule has 0 bridgehead atoms. The fourth-order valence-electron chi connectivity index (χ4n) is 1.70. The van der Waals surface area contributed by atoms with Crippen molar-refractivity contribution in [2.45, 2.75) is 13.0 Å². The van der Waals surface area contributed by atoms with Gasteiger partial charge in [-0.1, -0.05) is 0 Å². The molecule has 7 heteroatoms. The van der Waals surface area contributed by atoms with Crippen LogP contribution in [0.2, 0.25) is 0 Å². The lowest BCUT2D eigenvalue weighted by atomic mass is 10.1. The van der Waals surface area contributed by atoms with Crippen LogP contribution in [-0.2, 0) is 14.3 Å². The Morgan fingerprint density at radius 1 is 1.40 bits per heavy atom. The topological polar surface area (TPSA) is 102 Å². The highest BCUT2D eigenvalue weighted by molar-refractivity contribution is 6.02. The number of benzene rings is 1. The van der Waals surface area contributed by atoms with Crippen molar-refractivity contribution in [2.75, 3.05) is 18.5 Å². The number of ether oxygens (including phenoxy) is 2. The van der Waals surface area contributed by atoms with E-state index in [2.05, 4.69) is 5.32 Å². The first kappa shape index (κ1) is 14.0. The lowest BCUT2D eigenvalue weighted by Crippen LogP contribution is -2.34. The molecule has 2 rings (SSSR count). The number of amides is 1. The number of nitrogens with one attached hydrogen (secondary N) is 1. The standard InChI is InChI=1S/C13H13NO6/c1-7-13(18)14-9-4-8(2-3-11(9)20-7)10(15)5-19-6-12(16)17/h2-4,7H,5-6H2,1H3,(H,14,18)(H,16,17). The molecule has 0 radical (unpaired) electrons. The van der Waals surface area contributed by atoms with Crippen molar-refractivity contribution in [3.63, 3.8) is 0 Å². The van der Waals surface area contributed by atoms with Crippen molar-refractivity contribution in [1.29, 1.82) is 0 Å². The maximum Gasteiger partial charge on any atom is 0.329 e. The van der Waals surface area contributed by atoms with Gasteiger partial charge >= 0.3 is 5.97 Å². The highest BCUT2D eigenvalue weighted by atomic mass is 16.5. The number of aliphatic carboxylic acids is 1. The van der Waals surface area contributed by atoms with Crippen LogP contribution in [0.3, 0.4) is 0 Å². The van der Waals surface area contributed by atoms with Gasteiger partial charge in [0, 0.05) is 5.56 Å². The number of ketones is 1. The van der Waals surface area contributed by atoms with E-state index in [4.69, 9.17) is 14.6 Å². The second kappa shape index (κ2) is 5.70. The lowest BCUT2D eigenvalue weighted by molar-refractivity contribution is -0.141. The molecule has 106 valence electrons. The summed E-state index contributed by atoms with van der Waals surface area (Å²) in [7, 11) is 0. The Hall–Kier alpha value is -2.41. The average Bonchev–Trinajstić information content (AvgIpc) is 2.39. The summed E-state index contributed by atoms with van der Waals surface area (Å²) >= 11 is 0. The number of hydrogen-bond donors (Lipinski definition) is 2. The molecule has 1 atom stereocenters. The Bertz CT molecular complexity index is 568. The van der Waals surface area contributed by atoms with E-state index in [0.717, 1.165) is 0 Å². The number of carbonyl (C=O) groups excluding carboxylic acids is 2. The second-order valence-corrected chi connectivity index (χ2v) is 4.27. The zero-order chi connectivity index (χ0) is 14.7. The molecule has 1 aliphatic rings. The minimum atomic E-state index is -1.14. The molecule has 2 N–H and O–H groups in total. The average molecular weight is 279 g/mol. The highest BCUT2D eigenvalue weighted by Crippen LogP contribution is 2.30. The van der Waals surface area contributed by atoms with Crippen molar-refractivity contribution < 1.29 is 29.0 Å². The summed E-state index contributed by atoms with van der Waals surface area (Å²) in [6, 6.07) is 4.59. The van der Waals surface area contributed by atoms with Gasteiger partial charge in [-0.25, -0.2) is 4.79 Å². The first-order chi connectivity index (χ1) is 9.47. The number of rotatable bonds is 5. The van der Waals surface area contributed by atoms with E-state index in [-0.39, 0.29) is 18.3 Å². The number of anilines is 1. The summed E-state index contributed by atoms with van der Waals surface area (Å²) in [4.78, 5) is 33.5. The first-order valence-corrected chi connectivity index (χ1v) is 5.91. The van der Waals surface area contributed by atoms with Crippen LogP contribution in [0, 0.1) is 0 Å². The fourth-order valence-corrected chi connectivity index (χ4v) is 1.70. The summed E-state index contributed by atoms with van der Waals surface area (Å²) < 4.78 is 10.1. The van der Waals surface area contributed by atoms with Crippen LogP contribution >= 0.6 is 0 Å². The molecule has 1 heterocycles. The van der Waals surface area contributed by atoms with E-state index >= 15 is 0 Å². The van der Waals surface area contributed by atoms with Crippen molar-refractivity contribution in [2.24, 2.45) is 0 Å². The predicted molar refractivity (Wildman–Crippen MR) is 67.9 cm³/mol. The Labute approximate surface area is 114 Å². The number of carboxylic acid groups (broad SMARTS) is 1. The van der Waals surface area contributed by atoms with E-state index in [1.807, 2.05) is 0 Å². The van der Waals surface area contributed by atoms with Crippen molar-refractivity contribution in [3.8, 4) is 5.75 Å². The summed E-state index contributed by atoms with van der Waals surface area (Å²) in [6.07, 6.45) is -0.581. The van der Waals surface area contributed by atoms with Gasteiger partial charge in [0.2, 0.25) is 0 Å². The molecule has 1 unspecified atom stereocenters. The largest absolute Gasteiger partial charge is 0.480 e. The van der Waals surface area contributed by atoms with Gasteiger partial charge in [0.05, 0.1) is 5.69 Å². The molecule has 1 amide bonds. The molecule has 1 aliphatic heterocycles. The normalized spacial score (nSPS) is 16.9. The molecule has 1 aromatic rings. The third kappa shape index (κ3) is 3.12. The second-order valence-electron chi connectivity index (χ2n) is 4.27. The van der Waals surface area contributed by atoms with Gasteiger partial charge < -0.3 is 19.9 Å². The number of carboxylic acids is 1. The summed E-state index contributed by atoms with van der Waals surface area (Å²) in [5.41, 5.74) is 0.727.